The number of unbranched alkanes of at least 4 members (excludes halogenated alkanes) is 5. The molecule has 0 saturated heterocycles. The Bertz CT molecular complexity index is 126. The van der Waals surface area contributed by atoms with Crippen molar-refractivity contribution < 1.29 is 4.48 Å². The minimum Gasteiger partial charge on any atom is -0.316 e. The van der Waals surface area contributed by atoms with Gasteiger partial charge < -0.3 is 4.48 Å². The minimum atomic E-state index is 0.750. The zero-order valence-corrected chi connectivity index (χ0v) is 10.7. The maximum Gasteiger partial charge on any atom is 0.129 e. The molecule has 0 rings (SSSR count). The van der Waals surface area contributed by atoms with Gasteiger partial charge >= 0.3 is 0 Å². The standard InChI is InChI=1S/C11H26N2S/c1-13(2,11-12)9-7-5-3-4-6-8-10-14/h3-12H2,1-2H3/p+1. The van der Waals surface area contributed by atoms with Crippen molar-refractivity contribution in [3.63, 3.8) is 0 Å². The lowest BCUT2D eigenvalue weighted by Gasteiger charge is -2.27. The zero-order chi connectivity index (χ0) is 10.9. The van der Waals surface area contributed by atoms with Gasteiger partial charge in [0.15, 0.2) is 0 Å². The minimum absolute atomic E-state index is 0.750. The van der Waals surface area contributed by atoms with Gasteiger partial charge in [-0.1, -0.05) is 19.3 Å². The van der Waals surface area contributed by atoms with Crippen LogP contribution < -0.4 is 5.73 Å². The molecule has 0 aromatic carbocycles. The van der Waals surface area contributed by atoms with Crippen LogP contribution in [-0.2, 0) is 0 Å². The van der Waals surface area contributed by atoms with Gasteiger partial charge in [0, 0.05) is 0 Å². The van der Waals surface area contributed by atoms with E-state index in [1.165, 1.54) is 45.1 Å². The van der Waals surface area contributed by atoms with Crippen LogP contribution in [0.3, 0.4) is 0 Å². The molecule has 0 aliphatic rings. The van der Waals surface area contributed by atoms with Crippen LogP contribution >= 0.6 is 12.6 Å². The lowest BCUT2D eigenvalue weighted by Crippen LogP contribution is -2.44. The molecule has 0 saturated carbocycles. The predicted molar refractivity (Wildman–Crippen MR) is 67.6 cm³/mol. The molecule has 0 aromatic heterocycles. The largest absolute Gasteiger partial charge is 0.316 e. The Labute approximate surface area is 94.9 Å². The van der Waals surface area contributed by atoms with Crippen molar-refractivity contribution in [3.8, 4) is 0 Å². The van der Waals surface area contributed by atoms with E-state index in [0.29, 0.717) is 0 Å². The summed E-state index contributed by atoms with van der Waals surface area (Å²) in [7, 11) is 4.39. The molecule has 14 heavy (non-hydrogen) atoms. The summed E-state index contributed by atoms with van der Waals surface area (Å²) in [5.74, 6) is 1.04. The molecule has 0 aliphatic carbocycles. The third-order valence-electron chi connectivity index (χ3n) is 2.67. The van der Waals surface area contributed by atoms with E-state index in [1.54, 1.807) is 0 Å². The molecular weight excluding hydrogens is 192 g/mol. The third-order valence-corrected chi connectivity index (χ3v) is 2.98. The smallest absolute Gasteiger partial charge is 0.129 e. The van der Waals surface area contributed by atoms with Crippen molar-refractivity contribution in [3.05, 3.63) is 0 Å². The van der Waals surface area contributed by atoms with E-state index < -0.39 is 0 Å². The van der Waals surface area contributed by atoms with Gasteiger partial charge in [-0.2, -0.15) is 12.6 Å². The summed E-state index contributed by atoms with van der Waals surface area (Å²) in [4.78, 5) is 0. The second kappa shape index (κ2) is 8.57. The van der Waals surface area contributed by atoms with Crippen LogP contribution in [0.1, 0.15) is 38.5 Å². The van der Waals surface area contributed by atoms with E-state index in [4.69, 9.17) is 5.73 Å². The van der Waals surface area contributed by atoms with Crippen LogP contribution in [0.2, 0.25) is 0 Å². The highest BCUT2D eigenvalue weighted by Gasteiger charge is 2.10. The maximum atomic E-state index is 5.65. The predicted octanol–water partition coefficient (Wildman–Crippen LogP) is 2.25. The fourth-order valence-electron chi connectivity index (χ4n) is 1.45. The fourth-order valence-corrected chi connectivity index (χ4v) is 1.67. The van der Waals surface area contributed by atoms with Crippen LogP contribution in [0.4, 0.5) is 0 Å². The van der Waals surface area contributed by atoms with Gasteiger partial charge in [-0.25, -0.2) is 0 Å². The highest BCUT2D eigenvalue weighted by Crippen LogP contribution is 2.07. The van der Waals surface area contributed by atoms with E-state index in [9.17, 15) is 0 Å². The lowest BCUT2D eigenvalue weighted by atomic mass is 10.1. The van der Waals surface area contributed by atoms with Crippen LogP contribution in [0, 0.1) is 0 Å². The number of rotatable bonds is 9. The highest BCUT2D eigenvalue weighted by atomic mass is 32.1. The van der Waals surface area contributed by atoms with Crippen LogP contribution in [0.15, 0.2) is 0 Å². The van der Waals surface area contributed by atoms with E-state index in [-0.39, 0.29) is 0 Å². The van der Waals surface area contributed by atoms with Gasteiger partial charge in [0.05, 0.1) is 20.6 Å². The molecule has 0 aromatic rings. The fraction of sp³-hybridized carbons (Fsp3) is 1.00. The van der Waals surface area contributed by atoms with E-state index in [0.717, 1.165) is 16.9 Å². The molecule has 3 heteroatoms. The average Bonchev–Trinajstić information content (AvgIpc) is 2.16. The normalized spacial score (nSPS) is 12.0. The van der Waals surface area contributed by atoms with Gasteiger partial charge in [-0.15, -0.1) is 0 Å². The van der Waals surface area contributed by atoms with Crippen LogP contribution in [0.25, 0.3) is 0 Å². The molecule has 2 nitrogen and oxygen atoms in total. The third kappa shape index (κ3) is 8.85. The molecule has 0 radical (unpaired) electrons. The van der Waals surface area contributed by atoms with E-state index >= 15 is 0 Å². The lowest BCUT2D eigenvalue weighted by molar-refractivity contribution is -0.890. The first-order chi connectivity index (χ1) is 6.62. The summed E-state index contributed by atoms with van der Waals surface area (Å²) in [6.07, 6.45) is 8.03. The topological polar surface area (TPSA) is 26.0 Å². The van der Waals surface area contributed by atoms with Crippen LogP contribution in [-0.4, -0.2) is 37.5 Å². The van der Waals surface area contributed by atoms with Crippen molar-refractivity contribution >= 4 is 12.6 Å². The summed E-state index contributed by atoms with van der Waals surface area (Å²) in [5, 5.41) is 0. The van der Waals surface area contributed by atoms with Gasteiger partial charge in [-0.05, 0) is 25.0 Å². The maximum absolute atomic E-state index is 5.65. The van der Waals surface area contributed by atoms with Crippen molar-refractivity contribution in [1.29, 1.82) is 0 Å². The summed E-state index contributed by atoms with van der Waals surface area (Å²) in [6.45, 7) is 1.96. The van der Waals surface area contributed by atoms with E-state index in [2.05, 4.69) is 26.7 Å². The molecule has 2 N–H and O–H groups in total. The van der Waals surface area contributed by atoms with Crippen molar-refractivity contribution in [1.82, 2.24) is 0 Å². The molecular formula is C11H27N2S+. The quantitative estimate of drug-likeness (QED) is 0.264. The molecule has 0 bridgehead atoms. The molecule has 0 atom stereocenters. The number of quaternary nitrogens is 1. The van der Waals surface area contributed by atoms with E-state index in [1.807, 2.05) is 0 Å². The number of thiol groups is 1. The molecule has 0 aliphatic heterocycles. The first-order valence-corrected chi connectivity index (χ1v) is 6.38. The average molecular weight is 219 g/mol. The monoisotopic (exact) mass is 219 g/mol. The Balaban J connectivity index is 3.13. The molecule has 86 valence electrons. The number of hydrogen-bond acceptors (Lipinski definition) is 2. The first kappa shape index (κ1) is 14.3. The number of hydrogen-bond donors (Lipinski definition) is 2. The van der Waals surface area contributed by atoms with Crippen molar-refractivity contribution in [2.75, 3.05) is 33.1 Å². The molecule has 0 fully saturated rings. The highest BCUT2D eigenvalue weighted by molar-refractivity contribution is 7.80. The molecule has 0 spiro atoms. The van der Waals surface area contributed by atoms with Gasteiger partial charge in [0.1, 0.15) is 6.67 Å². The van der Waals surface area contributed by atoms with Crippen LogP contribution in [0.5, 0.6) is 0 Å². The number of nitrogens with zero attached hydrogens (tertiary/aromatic N) is 1. The second-order valence-electron chi connectivity index (χ2n) is 4.69. The first-order valence-electron chi connectivity index (χ1n) is 5.75. The Kier molecular flexibility index (Phi) is 8.73. The Morgan fingerprint density at radius 1 is 0.929 bits per heavy atom. The number of nitrogens with two attached hydrogens (primary N) is 1. The molecule has 0 unspecified atom stereocenters. The Morgan fingerprint density at radius 2 is 1.43 bits per heavy atom. The SMILES string of the molecule is C[N+](C)(CN)CCCCCCCCS. The Morgan fingerprint density at radius 3 is 1.93 bits per heavy atom. The summed E-state index contributed by atoms with van der Waals surface area (Å²) < 4.78 is 0.955. The summed E-state index contributed by atoms with van der Waals surface area (Å²) >= 11 is 4.20. The molecule has 0 amide bonds. The van der Waals surface area contributed by atoms with Crippen molar-refractivity contribution in [2.24, 2.45) is 5.73 Å². The zero-order valence-electron chi connectivity index (χ0n) is 9.84. The van der Waals surface area contributed by atoms with Gasteiger partial charge in [-0.3, -0.25) is 5.73 Å². The second-order valence-corrected chi connectivity index (χ2v) is 5.13. The summed E-state index contributed by atoms with van der Waals surface area (Å²) in [5.41, 5.74) is 5.65. The van der Waals surface area contributed by atoms with Crippen molar-refractivity contribution in [2.45, 2.75) is 38.5 Å². The Hall–Kier alpha value is 0.270. The van der Waals surface area contributed by atoms with Gasteiger partial charge in [0.2, 0.25) is 0 Å². The summed E-state index contributed by atoms with van der Waals surface area (Å²) in [6, 6.07) is 0. The van der Waals surface area contributed by atoms with Gasteiger partial charge in [0.25, 0.3) is 0 Å². The molecule has 0 heterocycles.